The fraction of sp³-hybridized carbons (Fsp3) is 0.412. The second kappa shape index (κ2) is 7.11. The van der Waals surface area contributed by atoms with Gasteiger partial charge >= 0.3 is 0 Å². The van der Waals surface area contributed by atoms with Crippen LogP contribution in [-0.4, -0.2) is 29.1 Å². The molecule has 1 aliphatic carbocycles. The summed E-state index contributed by atoms with van der Waals surface area (Å²) in [5.41, 5.74) is 2.53. The van der Waals surface area contributed by atoms with E-state index in [1.165, 1.54) is 24.0 Å². The summed E-state index contributed by atoms with van der Waals surface area (Å²) in [4.78, 5) is 8.35. The number of guanidine groups is 1. The van der Waals surface area contributed by atoms with Crippen LogP contribution in [0.1, 0.15) is 24.0 Å². The summed E-state index contributed by atoms with van der Waals surface area (Å²) in [6.07, 6.45) is 8.32. The molecule has 1 aliphatic rings. The molecule has 1 saturated carbocycles. The molecule has 0 bridgehead atoms. The van der Waals surface area contributed by atoms with Gasteiger partial charge in [0.25, 0.3) is 0 Å². The molecule has 1 heterocycles. The van der Waals surface area contributed by atoms with Crippen LogP contribution in [0.4, 0.5) is 0 Å². The predicted molar refractivity (Wildman–Crippen MR) is 88.7 cm³/mol. The molecule has 3 rings (SSSR count). The molecule has 0 radical (unpaired) electrons. The quantitative estimate of drug-likeness (QED) is 0.633. The predicted octanol–water partition coefficient (Wildman–Crippen LogP) is 2.01. The van der Waals surface area contributed by atoms with E-state index < -0.39 is 0 Å². The Kier molecular flexibility index (Phi) is 4.73. The van der Waals surface area contributed by atoms with Gasteiger partial charge in [-0.15, -0.1) is 0 Å². The second-order valence-electron chi connectivity index (χ2n) is 5.81. The van der Waals surface area contributed by atoms with Crippen molar-refractivity contribution in [3.63, 3.8) is 0 Å². The van der Waals surface area contributed by atoms with Gasteiger partial charge in [-0.1, -0.05) is 24.3 Å². The summed E-state index contributed by atoms with van der Waals surface area (Å²) in [5, 5.41) is 6.75. The summed E-state index contributed by atoms with van der Waals surface area (Å²) in [6, 6.07) is 8.60. The topological polar surface area (TPSA) is 54.2 Å². The number of rotatable bonds is 6. The number of nitrogens with zero attached hydrogens (tertiary/aromatic N) is 3. The van der Waals surface area contributed by atoms with Gasteiger partial charge in [-0.2, -0.15) is 0 Å². The van der Waals surface area contributed by atoms with Crippen LogP contribution in [0.3, 0.4) is 0 Å². The molecule has 116 valence electrons. The van der Waals surface area contributed by atoms with Crippen molar-refractivity contribution in [2.24, 2.45) is 10.9 Å². The maximum absolute atomic E-state index is 4.27. The van der Waals surface area contributed by atoms with Gasteiger partial charge in [-0.25, -0.2) is 4.98 Å². The minimum absolute atomic E-state index is 0.780. The molecule has 2 N–H and O–H groups in total. The lowest BCUT2D eigenvalue weighted by molar-refractivity contribution is 0.736. The van der Waals surface area contributed by atoms with E-state index in [0.717, 1.165) is 31.5 Å². The number of imidazole rings is 1. The highest BCUT2D eigenvalue weighted by atomic mass is 15.2. The fourth-order valence-electron chi connectivity index (χ4n) is 2.40. The Morgan fingerprint density at radius 2 is 2.18 bits per heavy atom. The molecule has 0 saturated heterocycles. The van der Waals surface area contributed by atoms with Crippen LogP contribution in [0.15, 0.2) is 48.0 Å². The molecular weight excluding hydrogens is 274 g/mol. The largest absolute Gasteiger partial charge is 0.356 e. The molecule has 5 nitrogen and oxygen atoms in total. The van der Waals surface area contributed by atoms with E-state index in [1.54, 1.807) is 6.20 Å². The maximum atomic E-state index is 4.27. The highest BCUT2D eigenvalue weighted by Crippen LogP contribution is 2.27. The molecule has 0 amide bonds. The summed E-state index contributed by atoms with van der Waals surface area (Å²) >= 11 is 0. The zero-order chi connectivity index (χ0) is 15.2. The molecule has 22 heavy (non-hydrogen) atoms. The van der Waals surface area contributed by atoms with Crippen molar-refractivity contribution < 1.29 is 0 Å². The molecule has 2 aromatic rings. The lowest BCUT2D eigenvalue weighted by Gasteiger charge is -2.12. The maximum Gasteiger partial charge on any atom is 0.191 e. The zero-order valence-electron chi connectivity index (χ0n) is 13.0. The van der Waals surface area contributed by atoms with Gasteiger partial charge in [0.1, 0.15) is 0 Å². The summed E-state index contributed by atoms with van der Waals surface area (Å²) in [7, 11) is 1.82. The van der Waals surface area contributed by atoms with Crippen LogP contribution in [0, 0.1) is 5.92 Å². The SMILES string of the molecule is CN=C(NCc1cccc(Cn2ccnc2)c1)NCC1CC1. The molecule has 0 aliphatic heterocycles. The standard InChI is InChI=1S/C17H23N5/c1-18-17(20-10-14-5-6-14)21-11-15-3-2-4-16(9-15)12-22-8-7-19-13-22/h2-4,7-9,13-14H,5-6,10-12H2,1H3,(H2,18,20,21). The van der Waals surface area contributed by atoms with Gasteiger partial charge in [0.2, 0.25) is 0 Å². The van der Waals surface area contributed by atoms with Crippen LogP contribution in [-0.2, 0) is 13.1 Å². The smallest absolute Gasteiger partial charge is 0.191 e. The fourth-order valence-corrected chi connectivity index (χ4v) is 2.40. The van der Waals surface area contributed by atoms with Gasteiger partial charge < -0.3 is 15.2 Å². The zero-order valence-corrected chi connectivity index (χ0v) is 13.0. The Labute approximate surface area is 131 Å². The summed E-state index contributed by atoms with van der Waals surface area (Å²) in [5.74, 6) is 1.73. The van der Waals surface area contributed by atoms with Crippen molar-refractivity contribution in [3.8, 4) is 0 Å². The average Bonchev–Trinajstić information content (AvgIpc) is 3.23. The molecule has 1 aromatic heterocycles. The monoisotopic (exact) mass is 297 g/mol. The van der Waals surface area contributed by atoms with Gasteiger partial charge in [-0.3, -0.25) is 4.99 Å². The van der Waals surface area contributed by atoms with E-state index in [4.69, 9.17) is 0 Å². The second-order valence-corrected chi connectivity index (χ2v) is 5.81. The lowest BCUT2D eigenvalue weighted by Crippen LogP contribution is -2.37. The first-order valence-electron chi connectivity index (χ1n) is 7.81. The highest BCUT2D eigenvalue weighted by Gasteiger charge is 2.20. The number of nitrogens with one attached hydrogen (secondary N) is 2. The van der Waals surface area contributed by atoms with E-state index in [-0.39, 0.29) is 0 Å². The van der Waals surface area contributed by atoms with E-state index in [9.17, 15) is 0 Å². The van der Waals surface area contributed by atoms with Gasteiger partial charge in [0.15, 0.2) is 5.96 Å². The van der Waals surface area contributed by atoms with Crippen LogP contribution in [0.5, 0.6) is 0 Å². The number of benzene rings is 1. The van der Waals surface area contributed by atoms with Crippen LogP contribution in [0.2, 0.25) is 0 Å². The molecule has 1 aromatic carbocycles. The van der Waals surface area contributed by atoms with Crippen molar-refractivity contribution in [2.45, 2.75) is 25.9 Å². The Balaban J connectivity index is 1.52. The molecule has 0 spiro atoms. The number of hydrogen-bond donors (Lipinski definition) is 2. The van der Waals surface area contributed by atoms with E-state index >= 15 is 0 Å². The first kappa shape index (κ1) is 14.6. The number of hydrogen-bond acceptors (Lipinski definition) is 2. The van der Waals surface area contributed by atoms with Gasteiger partial charge in [0.05, 0.1) is 6.33 Å². The molecule has 1 fully saturated rings. The van der Waals surface area contributed by atoms with Gasteiger partial charge in [-0.05, 0) is 29.9 Å². The van der Waals surface area contributed by atoms with Crippen molar-refractivity contribution in [1.82, 2.24) is 20.2 Å². The minimum Gasteiger partial charge on any atom is -0.356 e. The van der Waals surface area contributed by atoms with Crippen molar-refractivity contribution in [1.29, 1.82) is 0 Å². The van der Waals surface area contributed by atoms with Crippen molar-refractivity contribution in [2.75, 3.05) is 13.6 Å². The van der Waals surface area contributed by atoms with Gasteiger partial charge in [0, 0.05) is 39.1 Å². The highest BCUT2D eigenvalue weighted by molar-refractivity contribution is 5.79. The molecule has 0 unspecified atom stereocenters. The third-order valence-electron chi connectivity index (χ3n) is 3.85. The Morgan fingerprint density at radius 1 is 1.32 bits per heavy atom. The number of aromatic nitrogens is 2. The summed E-state index contributed by atoms with van der Waals surface area (Å²) in [6.45, 7) is 2.66. The average molecular weight is 297 g/mol. The summed E-state index contributed by atoms with van der Waals surface area (Å²) < 4.78 is 2.07. The van der Waals surface area contributed by atoms with Crippen molar-refractivity contribution >= 4 is 5.96 Å². The van der Waals surface area contributed by atoms with Crippen LogP contribution >= 0.6 is 0 Å². The third kappa shape index (κ3) is 4.35. The van der Waals surface area contributed by atoms with Crippen LogP contribution in [0.25, 0.3) is 0 Å². The first-order chi connectivity index (χ1) is 10.8. The molecule has 5 heteroatoms. The first-order valence-corrected chi connectivity index (χ1v) is 7.81. The Hall–Kier alpha value is -2.30. The molecular formula is C17H23N5. The normalized spacial score (nSPS) is 14.9. The third-order valence-corrected chi connectivity index (χ3v) is 3.85. The molecule has 0 atom stereocenters. The Morgan fingerprint density at radius 3 is 2.91 bits per heavy atom. The van der Waals surface area contributed by atoms with Crippen LogP contribution < -0.4 is 10.6 Å². The van der Waals surface area contributed by atoms with E-state index in [2.05, 4.69) is 49.4 Å². The number of aliphatic imine (C=N–C) groups is 1. The van der Waals surface area contributed by atoms with E-state index in [1.807, 2.05) is 19.6 Å². The van der Waals surface area contributed by atoms with E-state index in [0.29, 0.717) is 0 Å². The lowest BCUT2D eigenvalue weighted by atomic mass is 10.1. The Bertz CT molecular complexity index is 614. The van der Waals surface area contributed by atoms with Crippen molar-refractivity contribution in [3.05, 3.63) is 54.1 Å². The minimum atomic E-state index is 0.780.